The van der Waals surface area contributed by atoms with Gasteiger partial charge in [0.25, 0.3) is 11.8 Å². The average molecular weight is 479 g/mol. The van der Waals surface area contributed by atoms with Crippen molar-refractivity contribution in [2.24, 2.45) is 0 Å². The maximum Gasteiger partial charge on any atom is 0.254 e. The zero-order valence-corrected chi connectivity index (χ0v) is 19.4. The lowest BCUT2D eigenvalue weighted by Crippen LogP contribution is -2.50. The molecule has 35 heavy (non-hydrogen) atoms. The van der Waals surface area contributed by atoms with Gasteiger partial charge in [0.1, 0.15) is 11.6 Å². The van der Waals surface area contributed by atoms with E-state index in [4.69, 9.17) is 4.42 Å². The van der Waals surface area contributed by atoms with Crippen molar-refractivity contribution in [2.45, 2.75) is 13.5 Å². The molecule has 1 aliphatic heterocycles. The average Bonchev–Trinajstić information content (AvgIpc) is 3.38. The van der Waals surface area contributed by atoms with Crippen LogP contribution in [0.2, 0.25) is 0 Å². The van der Waals surface area contributed by atoms with Crippen LogP contribution in [-0.4, -0.2) is 60.2 Å². The van der Waals surface area contributed by atoms with Crippen molar-refractivity contribution in [1.29, 1.82) is 0 Å². The maximum atomic E-state index is 13.8. The summed E-state index contributed by atoms with van der Waals surface area (Å²) in [5, 5.41) is 5.59. The van der Waals surface area contributed by atoms with Crippen LogP contribution in [0.1, 0.15) is 32.0 Å². The number of hydrogen-bond donors (Lipinski definition) is 2. The first-order valence-electron chi connectivity index (χ1n) is 11.4. The lowest BCUT2D eigenvalue weighted by atomic mass is 10.1. The standard InChI is InChI=1S/C26H27FN4O4/c1-18-8-9-19(15-22(18)27)26(34)31-12-10-30(11-13-31)17-24(32)29-23-7-3-2-6-21(23)25(33)28-16-20-5-4-14-35-20/h2-9,14-15H,10-13,16-17H2,1H3,(H,28,33)(H,29,32). The molecule has 3 aromatic rings. The van der Waals surface area contributed by atoms with Crippen LogP contribution in [0.25, 0.3) is 0 Å². The predicted octanol–water partition coefficient (Wildman–Crippen LogP) is 3.05. The Kier molecular flexibility index (Phi) is 7.57. The molecule has 0 atom stereocenters. The molecule has 182 valence electrons. The van der Waals surface area contributed by atoms with E-state index in [1.807, 2.05) is 4.90 Å². The predicted molar refractivity (Wildman–Crippen MR) is 128 cm³/mol. The highest BCUT2D eigenvalue weighted by Crippen LogP contribution is 2.16. The molecule has 8 nitrogen and oxygen atoms in total. The van der Waals surface area contributed by atoms with Crippen LogP contribution in [0.5, 0.6) is 0 Å². The summed E-state index contributed by atoms with van der Waals surface area (Å²) in [7, 11) is 0. The lowest BCUT2D eigenvalue weighted by molar-refractivity contribution is -0.117. The number of nitrogens with zero attached hydrogens (tertiary/aromatic N) is 2. The van der Waals surface area contributed by atoms with Gasteiger partial charge >= 0.3 is 0 Å². The van der Waals surface area contributed by atoms with Gasteiger partial charge in [0.2, 0.25) is 5.91 Å². The van der Waals surface area contributed by atoms with Crippen molar-refractivity contribution in [3.63, 3.8) is 0 Å². The van der Waals surface area contributed by atoms with E-state index < -0.39 is 5.82 Å². The molecule has 0 radical (unpaired) electrons. The van der Waals surface area contributed by atoms with Gasteiger partial charge in [-0.2, -0.15) is 0 Å². The van der Waals surface area contributed by atoms with E-state index in [2.05, 4.69) is 10.6 Å². The van der Waals surface area contributed by atoms with Gasteiger partial charge in [0.05, 0.1) is 30.6 Å². The summed E-state index contributed by atoms with van der Waals surface area (Å²) in [6.07, 6.45) is 1.54. The number of halogens is 1. The van der Waals surface area contributed by atoms with E-state index in [9.17, 15) is 18.8 Å². The molecule has 0 unspecified atom stereocenters. The van der Waals surface area contributed by atoms with Crippen molar-refractivity contribution in [3.05, 3.63) is 89.1 Å². The van der Waals surface area contributed by atoms with Crippen LogP contribution in [0.3, 0.4) is 0 Å². The first-order chi connectivity index (χ1) is 16.9. The van der Waals surface area contributed by atoms with Crippen LogP contribution < -0.4 is 10.6 Å². The fourth-order valence-electron chi connectivity index (χ4n) is 3.88. The number of anilines is 1. The fourth-order valence-corrected chi connectivity index (χ4v) is 3.88. The monoisotopic (exact) mass is 478 g/mol. The maximum absolute atomic E-state index is 13.8. The summed E-state index contributed by atoms with van der Waals surface area (Å²) in [4.78, 5) is 41.6. The Hall–Kier alpha value is -3.98. The van der Waals surface area contributed by atoms with E-state index in [1.54, 1.807) is 60.4 Å². The van der Waals surface area contributed by atoms with Crippen LogP contribution in [-0.2, 0) is 11.3 Å². The molecule has 2 N–H and O–H groups in total. The van der Waals surface area contributed by atoms with Gasteiger partial charge in [0.15, 0.2) is 0 Å². The Morgan fingerprint density at radius 2 is 1.77 bits per heavy atom. The van der Waals surface area contributed by atoms with Crippen molar-refractivity contribution in [3.8, 4) is 0 Å². The highest BCUT2D eigenvalue weighted by Gasteiger charge is 2.24. The molecule has 2 aromatic carbocycles. The third-order valence-corrected chi connectivity index (χ3v) is 5.89. The highest BCUT2D eigenvalue weighted by atomic mass is 19.1. The molecule has 0 bridgehead atoms. The van der Waals surface area contributed by atoms with E-state index in [-0.39, 0.29) is 30.8 Å². The second kappa shape index (κ2) is 11.0. The number of piperazine rings is 1. The number of benzene rings is 2. The molecule has 2 heterocycles. The number of amides is 3. The van der Waals surface area contributed by atoms with E-state index in [0.29, 0.717) is 54.3 Å². The van der Waals surface area contributed by atoms with Crippen LogP contribution in [0, 0.1) is 12.7 Å². The van der Waals surface area contributed by atoms with Gasteiger partial charge in [-0.25, -0.2) is 4.39 Å². The minimum absolute atomic E-state index is 0.129. The normalized spacial score (nSPS) is 13.9. The van der Waals surface area contributed by atoms with Crippen LogP contribution in [0.4, 0.5) is 10.1 Å². The summed E-state index contributed by atoms with van der Waals surface area (Å²) < 4.78 is 19.0. The molecular weight excluding hydrogens is 451 g/mol. The van der Waals surface area contributed by atoms with Crippen molar-refractivity contribution in [2.75, 3.05) is 38.0 Å². The molecule has 3 amide bonds. The Morgan fingerprint density at radius 3 is 2.49 bits per heavy atom. The summed E-state index contributed by atoms with van der Waals surface area (Å²) in [6.45, 7) is 3.92. The van der Waals surface area contributed by atoms with E-state index in [0.717, 1.165) is 0 Å². The third-order valence-electron chi connectivity index (χ3n) is 5.89. The highest BCUT2D eigenvalue weighted by molar-refractivity contribution is 6.04. The number of furan rings is 1. The summed E-state index contributed by atoms with van der Waals surface area (Å²) in [6, 6.07) is 14.8. The van der Waals surface area contributed by atoms with E-state index >= 15 is 0 Å². The number of hydrogen-bond acceptors (Lipinski definition) is 5. The zero-order chi connectivity index (χ0) is 24.8. The third kappa shape index (κ3) is 6.13. The SMILES string of the molecule is Cc1ccc(C(=O)N2CCN(CC(=O)Nc3ccccc3C(=O)NCc3ccco3)CC2)cc1F. The molecule has 0 spiro atoms. The number of para-hydroxylation sites is 1. The van der Waals surface area contributed by atoms with Gasteiger partial charge in [0, 0.05) is 31.7 Å². The molecule has 1 aromatic heterocycles. The number of nitrogens with one attached hydrogen (secondary N) is 2. The van der Waals surface area contributed by atoms with Crippen molar-refractivity contribution < 1.29 is 23.2 Å². The largest absolute Gasteiger partial charge is 0.467 e. The Bertz CT molecular complexity index is 1200. The Balaban J connectivity index is 1.28. The quantitative estimate of drug-likeness (QED) is 0.544. The second-order valence-corrected chi connectivity index (χ2v) is 8.39. The minimum atomic E-state index is -0.402. The number of rotatable bonds is 7. The lowest BCUT2D eigenvalue weighted by Gasteiger charge is -2.34. The Labute approximate surface area is 202 Å². The number of aryl methyl sites for hydroxylation is 1. The van der Waals surface area contributed by atoms with Crippen LogP contribution >= 0.6 is 0 Å². The molecular formula is C26H27FN4O4. The van der Waals surface area contributed by atoms with Crippen molar-refractivity contribution in [1.82, 2.24) is 15.1 Å². The van der Waals surface area contributed by atoms with Gasteiger partial charge in [-0.15, -0.1) is 0 Å². The molecule has 9 heteroatoms. The molecule has 1 fully saturated rings. The first-order valence-corrected chi connectivity index (χ1v) is 11.4. The zero-order valence-electron chi connectivity index (χ0n) is 19.4. The molecule has 4 rings (SSSR count). The van der Waals surface area contributed by atoms with Gasteiger partial charge in [-0.1, -0.05) is 18.2 Å². The van der Waals surface area contributed by atoms with E-state index in [1.165, 1.54) is 12.3 Å². The molecule has 1 aliphatic rings. The molecule has 0 saturated carbocycles. The molecule has 0 aliphatic carbocycles. The topological polar surface area (TPSA) is 94.9 Å². The fraction of sp³-hybridized carbons (Fsp3) is 0.269. The van der Waals surface area contributed by atoms with Gasteiger partial charge in [-0.05, 0) is 48.9 Å². The molecule has 1 saturated heterocycles. The first kappa shape index (κ1) is 24.2. The number of carbonyl (C=O) groups excluding carboxylic acids is 3. The second-order valence-electron chi connectivity index (χ2n) is 8.39. The van der Waals surface area contributed by atoms with Gasteiger partial charge in [-0.3, -0.25) is 19.3 Å². The summed E-state index contributed by atoms with van der Waals surface area (Å²) in [5.74, 6) is -0.567. The summed E-state index contributed by atoms with van der Waals surface area (Å²) >= 11 is 0. The number of carbonyl (C=O) groups is 3. The van der Waals surface area contributed by atoms with Gasteiger partial charge < -0.3 is 20.0 Å². The smallest absolute Gasteiger partial charge is 0.254 e. The van der Waals surface area contributed by atoms with Crippen LogP contribution in [0.15, 0.2) is 65.3 Å². The Morgan fingerprint density at radius 1 is 1.00 bits per heavy atom. The summed E-state index contributed by atoms with van der Waals surface area (Å²) in [5.41, 5.74) is 1.59. The minimum Gasteiger partial charge on any atom is -0.467 e. The van der Waals surface area contributed by atoms with Crippen molar-refractivity contribution >= 4 is 23.4 Å².